The number of para-hydroxylation sites is 1. The number of anilines is 1. The second-order valence-corrected chi connectivity index (χ2v) is 6.94. The quantitative estimate of drug-likeness (QED) is 0.547. The standard InChI is InChI=1S/C21H20ClNO5/c1-13(20(25)14-7-9-16(27-2)10-8-14)28-21(26)15-11-19(24)23(12-15)18-6-4-3-5-17(18)22/h3-10,13,15H,11-12H2,1-2H3/t13-,15-/m0/s1. The van der Waals surface area contributed by atoms with Gasteiger partial charge in [0, 0.05) is 18.5 Å². The second kappa shape index (κ2) is 8.44. The number of methoxy groups -OCH3 is 1. The largest absolute Gasteiger partial charge is 0.497 e. The van der Waals surface area contributed by atoms with Crippen LogP contribution in [0.15, 0.2) is 48.5 Å². The molecule has 0 radical (unpaired) electrons. The van der Waals surface area contributed by atoms with Crippen molar-refractivity contribution < 1.29 is 23.9 Å². The molecule has 0 saturated carbocycles. The van der Waals surface area contributed by atoms with Crippen molar-refractivity contribution in [3.63, 3.8) is 0 Å². The van der Waals surface area contributed by atoms with Gasteiger partial charge in [0.1, 0.15) is 5.75 Å². The smallest absolute Gasteiger partial charge is 0.312 e. The lowest BCUT2D eigenvalue weighted by molar-refractivity contribution is -0.151. The molecule has 2 aromatic carbocycles. The van der Waals surface area contributed by atoms with Gasteiger partial charge in [-0.3, -0.25) is 14.4 Å². The van der Waals surface area contributed by atoms with Crippen LogP contribution in [0.25, 0.3) is 0 Å². The number of nitrogens with zero attached hydrogens (tertiary/aromatic N) is 1. The van der Waals surface area contributed by atoms with Crippen LogP contribution in [0.3, 0.4) is 0 Å². The Labute approximate surface area is 168 Å². The van der Waals surface area contributed by atoms with Crippen LogP contribution in [0, 0.1) is 5.92 Å². The van der Waals surface area contributed by atoms with E-state index < -0.39 is 18.0 Å². The Morgan fingerprint density at radius 2 is 1.82 bits per heavy atom. The van der Waals surface area contributed by atoms with E-state index in [1.54, 1.807) is 48.5 Å². The third kappa shape index (κ3) is 4.17. The third-order valence-corrected chi connectivity index (χ3v) is 4.96. The number of hydrogen-bond donors (Lipinski definition) is 0. The minimum atomic E-state index is -0.953. The molecule has 3 rings (SSSR count). The number of esters is 1. The highest BCUT2D eigenvalue weighted by Gasteiger charge is 2.38. The number of rotatable bonds is 6. The number of carbonyl (C=O) groups excluding carboxylic acids is 3. The first kappa shape index (κ1) is 19.9. The molecule has 2 atom stereocenters. The molecule has 1 amide bonds. The zero-order chi connectivity index (χ0) is 20.3. The zero-order valence-electron chi connectivity index (χ0n) is 15.6. The van der Waals surface area contributed by atoms with Gasteiger partial charge in [0.2, 0.25) is 11.7 Å². The fourth-order valence-corrected chi connectivity index (χ4v) is 3.32. The number of Topliss-reactive ketones (excluding diaryl/α,β-unsaturated/α-hetero) is 1. The minimum absolute atomic E-state index is 0.0213. The Hall–Kier alpha value is -2.86. The summed E-state index contributed by atoms with van der Waals surface area (Å²) >= 11 is 6.15. The summed E-state index contributed by atoms with van der Waals surface area (Å²) < 4.78 is 10.4. The molecule has 1 aliphatic rings. The minimum Gasteiger partial charge on any atom is -0.497 e. The van der Waals surface area contributed by atoms with E-state index in [1.165, 1.54) is 18.9 Å². The summed E-state index contributed by atoms with van der Waals surface area (Å²) in [6.45, 7) is 1.69. The molecular formula is C21H20ClNO5. The number of amides is 1. The predicted octanol–water partition coefficient (Wildman–Crippen LogP) is 3.52. The Kier molecular flexibility index (Phi) is 5.99. The first-order chi connectivity index (χ1) is 13.4. The maximum absolute atomic E-state index is 12.5. The summed E-state index contributed by atoms with van der Waals surface area (Å²) in [7, 11) is 1.54. The molecule has 1 saturated heterocycles. The highest BCUT2D eigenvalue weighted by molar-refractivity contribution is 6.33. The summed E-state index contributed by atoms with van der Waals surface area (Å²) in [6, 6.07) is 13.5. The van der Waals surface area contributed by atoms with Gasteiger partial charge in [-0.1, -0.05) is 23.7 Å². The normalized spacial score (nSPS) is 17.3. The molecule has 1 heterocycles. The number of halogens is 1. The number of carbonyl (C=O) groups is 3. The Morgan fingerprint density at radius 1 is 1.14 bits per heavy atom. The highest BCUT2D eigenvalue weighted by atomic mass is 35.5. The van der Waals surface area contributed by atoms with Crippen LogP contribution >= 0.6 is 11.6 Å². The van der Waals surface area contributed by atoms with E-state index in [-0.39, 0.29) is 24.7 Å². The van der Waals surface area contributed by atoms with Crippen molar-refractivity contribution in [3.8, 4) is 5.75 Å². The molecule has 146 valence electrons. The lowest BCUT2D eigenvalue weighted by Gasteiger charge is -2.18. The van der Waals surface area contributed by atoms with Gasteiger partial charge in [-0.05, 0) is 43.3 Å². The van der Waals surface area contributed by atoms with Crippen LogP contribution in [0.4, 0.5) is 5.69 Å². The molecule has 0 aromatic heterocycles. The fourth-order valence-electron chi connectivity index (χ4n) is 3.08. The van der Waals surface area contributed by atoms with Gasteiger partial charge in [-0.2, -0.15) is 0 Å². The van der Waals surface area contributed by atoms with Gasteiger partial charge in [-0.15, -0.1) is 0 Å². The van der Waals surface area contributed by atoms with Crippen LogP contribution in [0.2, 0.25) is 5.02 Å². The maximum Gasteiger partial charge on any atom is 0.312 e. The van der Waals surface area contributed by atoms with Crippen molar-refractivity contribution in [2.24, 2.45) is 5.92 Å². The van der Waals surface area contributed by atoms with Crippen molar-refractivity contribution in [1.82, 2.24) is 0 Å². The average Bonchev–Trinajstić information content (AvgIpc) is 3.09. The number of ether oxygens (including phenoxy) is 2. The van der Waals surface area contributed by atoms with Gasteiger partial charge in [0.15, 0.2) is 6.10 Å². The van der Waals surface area contributed by atoms with Crippen molar-refractivity contribution in [3.05, 3.63) is 59.1 Å². The first-order valence-corrected chi connectivity index (χ1v) is 9.22. The van der Waals surface area contributed by atoms with E-state index in [0.717, 1.165) is 0 Å². The predicted molar refractivity (Wildman–Crippen MR) is 105 cm³/mol. The molecule has 1 fully saturated rings. The molecule has 0 spiro atoms. The summed E-state index contributed by atoms with van der Waals surface area (Å²) in [5.41, 5.74) is 0.980. The van der Waals surface area contributed by atoms with Crippen LogP contribution in [0.5, 0.6) is 5.75 Å². The molecule has 0 bridgehead atoms. The van der Waals surface area contributed by atoms with Crippen LogP contribution in [0.1, 0.15) is 23.7 Å². The second-order valence-electron chi connectivity index (χ2n) is 6.53. The topological polar surface area (TPSA) is 72.9 Å². The van der Waals surface area contributed by atoms with E-state index in [4.69, 9.17) is 21.1 Å². The molecule has 0 unspecified atom stereocenters. The summed E-state index contributed by atoms with van der Waals surface area (Å²) in [5.74, 6) is -1.11. The monoisotopic (exact) mass is 401 g/mol. The van der Waals surface area contributed by atoms with Crippen LogP contribution in [-0.2, 0) is 14.3 Å². The summed E-state index contributed by atoms with van der Waals surface area (Å²) in [6.07, 6.45) is -0.932. The zero-order valence-corrected chi connectivity index (χ0v) is 16.3. The SMILES string of the molecule is COc1ccc(C(=O)[C@H](C)OC(=O)[C@H]2CC(=O)N(c3ccccc3Cl)C2)cc1. The Balaban J connectivity index is 1.63. The van der Waals surface area contributed by atoms with Gasteiger partial charge in [0.05, 0.1) is 23.7 Å². The van der Waals surface area contributed by atoms with E-state index in [2.05, 4.69) is 0 Å². The van der Waals surface area contributed by atoms with E-state index in [9.17, 15) is 14.4 Å². The van der Waals surface area contributed by atoms with Crippen molar-refractivity contribution in [1.29, 1.82) is 0 Å². The van der Waals surface area contributed by atoms with E-state index in [1.807, 2.05) is 0 Å². The van der Waals surface area contributed by atoms with Gasteiger partial charge >= 0.3 is 5.97 Å². The van der Waals surface area contributed by atoms with E-state index >= 15 is 0 Å². The Bertz CT molecular complexity index is 896. The molecule has 0 N–H and O–H groups in total. The van der Waals surface area contributed by atoms with Crippen molar-refractivity contribution in [2.45, 2.75) is 19.4 Å². The lowest BCUT2D eigenvalue weighted by atomic mass is 10.1. The van der Waals surface area contributed by atoms with Gasteiger partial charge in [-0.25, -0.2) is 0 Å². The summed E-state index contributed by atoms with van der Waals surface area (Å²) in [4.78, 5) is 38.8. The van der Waals surface area contributed by atoms with Gasteiger partial charge < -0.3 is 14.4 Å². The molecule has 0 aliphatic carbocycles. The molecule has 1 aliphatic heterocycles. The molecule has 6 nitrogen and oxygen atoms in total. The van der Waals surface area contributed by atoms with Crippen molar-refractivity contribution >= 4 is 34.9 Å². The maximum atomic E-state index is 12.5. The van der Waals surface area contributed by atoms with Crippen LogP contribution < -0.4 is 9.64 Å². The van der Waals surface area contributed by atoms with Crippen LogP contribution in [-0.4, -0.2) is 37.4 Å². The molecule has 7 heteroatoms. The van der Waals surface area contributed by atoms with Crippen molar-refractivity contribution in [2.75, 3.05) is 18.6 Å². The average molecular weight is 402 g/mol. The Morgan fingerprint density at radius 3 is 2.46 bits per heavy atom. The number of benzene rings is 2. The lowest BCUT2D eigenvalue weighted by Crippen LogP contribution is -2.30. The molecule has 2 aromatic rings. The highest BCUT2D eigenvalue weighted by Crippen LogP contribution is 2.31. The molecule has 28 heavy (non-hydrogen) atoms. The third-order valence-electron chi connectivity index (χ3n) is 4.64. The number of ketones is 1. The van der Waals surface area contributed by atoms with E-state index in [0.29, 0.717) is 22.0 Å². The molecular weight excluding hydrogens is 382 g/mol. The summed E-state index contributed by atoms with van der Waals surface area (Å²) in [5, 5.41) is 0.438. The number of hydrogen-bond acceptors (Lipinski definition) is 5. The van der Waals surface area contributed by atoms with Gasteiger partial charge in [0.25, 0.3) is 0 Å². The first-order valence-electron chi connectivity index (χ1n) is 8.84. The fraction of sp³-hybridized carbons (Fsp3) is 0.286.